The van der Waals surface area contributed by atoms with Crippen LogP contribution in [0.25, 0.3) is 0 Å². The average molecular weight is 225 g/mol. The van der Waals surface area contributed by atoms with E-state index < -0.39 is 0 Å². The van der Waals surface area contributed by atoms with Gasteiger partial charge in [0.1, 0.15) is 12.4 Å². The van der Waals surface area contributed by atoms with Crippen molar-refractivity contribution in [2.24, 2.45) is 5.92 Å². The molecule has 2 N–H and O–H groups in total. The molecule has 0 amide bonds. The van der Waals surface area contributed by atoms with Gasteiger partial charge in [0.05, 0.1) is 13.2 Å². The van der Waals surface area contributed by atoms with Crippen LogP contribution in [0.1, 0.15) is 6.42 Å². The van der Waals surface area contributed by atoms with E-state index in [2.05, 4.69) is 5.10 Å². The van der Waals surface area contributed by atoms with Gasteiger partial charge in [0.15, 0.2) is 0 Å². The molecule has 2 heterocycles. The summed E-state index contributed by atoms with van der Waals surface area (Å²) in [6.07, 6.45) is 2.61. The number of rotatable bonds is 4. The number of carbonyl (C=O) groups is 1. The molecule has 1 aromatic heterocycles. The van der Waals surface area contributed by atoms with Crippen LogP contribution >= 0.6 is 0 Å². The summed E-state index contributed by atoms with van der Waals surface area (Å²) < 4.78 is 11.8. The summed E-state index contributed by atoms with van der Waals surface area (Å²) in [4.78, 5) is 11.4. The van der Waals surface area contributed by atoms with Crippen LogP contribution in [0.3, 0.4) is 0 Å². The Morgan fingerprint density at radius 1 is 1.75 bits per heavy atom. The van der Waals surface area contributed by atoms with E-state index >= 15 is 0 Å². The number of hydrogen-bond donors (Lipinski definition) is 1. The standard InChI is InChI=1S/C10H15N3O3/c11-9-1-3-13(12-9)5-10(14)16-7-8-2-4-15-6-8/h1,3,8H,2,4-7H2,(H2,11,12). The Morgan fingerprint density at radius 3 is 3.25 bits per heavy atom. The third-order valence-corrected chi connectivity index (χ3v) is 2.46. The number of ether oxygens (including phenoxy) is 2. The highest BCUT2D eigenvalue weighted by atomic mass is 16.5. The predicted octanol–water partition coefficient (Wildman–Crippen LogP) is 0.0450. The topological polar surface area (TPSA) is 79.4 Å². The van der Waals surface area contributed by atoms with Gasteiger partial charge in [-0.05, 0) is 12.5 Å². The summed E-state index contributed by atoms with van der Waals surface area (Å²) in [6, 6.07) is 1.64. The van der Waals surface area contributed by atoms with Gasteiger partial charge >= 0.3 is 5.97 Å². The maximum absolute atomic E-state index is 11.4. The Kier molecular flexibility index (Phi) is 3.40. The molecule has 1 atom stereocenters. The number of anilines is 1. The zero-order valence-corrected chi connectivity index (χ0v) is 8.96. The van der Waals surface area contributed by atoms with Crippen molar-refractivity contribution >= 4 is 11.8 Å². The number of nitrogen functional groups attached to an aromatic ring is 1. The molecule has 0 radical (unpaired) electrons. The lowest BCUT2D eigenvalue weighted by Crippen LogP contribution is -2.18. The first-order valence-electron chi connectivity index (χ1n) is 5.26. The third-order valence-electron chi connectivity index (χ3n) is 2.46. The Labute approximate surface area is 93.3 Å². The Hall–Kier alpha value is -1.56. The summed E-state index contributed by atoms with van der Waals surface area (Å²) in [5.41, 5.74) is 5.43. The van der Waals surface area contributed by atoms with Gasteiger partial charge in [-0.2, -0.15) is 5.10 Å². The van der Waals surface area contributed by atoms with E-state index in [1.807, 2.05) is 0 Å². The SMILES string of the molecule is Nc1ccn(CC(=O)OCC2CCOC2)n1. The highest BCUT2D eigenvalue weighted by Gasteiger charge is 2.17. The van der Waals surface area contributed by atoms with Crippen molar-refractivity contribution in [1.82, 2.24) is 9.78 Å². The molecule has 0 saturated carbocycles. The summed E-state index contributed by atoms with van der Waals surface area (Å²) in [5, 5.41) is 3.90. The van der Waals surface area contributed by atoms with Crippen LogP contribution < -0.4 is 5.73 Å². The van der Waals surface area contributed by atoms with Crippen LogP contribution in [0.5, 0.6) is 0 Å². The molecule has 88 valence electrons. The largest absolute Gasteiger partial charge is 0.464 e. The lowest BCUT2D eigenvalue weighted by Gasteiger charge is -2.08. The lowest BCUT2D eigenvalue weighted by molar-refractivity contribution is -0.145. The van der Waals surface area contributed by atoms with Crippen molar-refractivity contribution < 1.29 is 14.3 Å². The van der Waals surface area contributed by atoms with Crippen molar-refractivity contribution in [3.63, 3.8) is 0 Å². The van der Waals surface area contributed by atoms with E-state index in [1.54, 1.807) is 12.3 Å². The third kappa shape index (κ3) is 2.96. The molecule has 6 heteroatoms. The minimum absolute atomic E-state index is 0.102. The highest BCUT2D eigenvalue weighted by molar-refractivity contribution is 5.69. The molecule has 1 fully saturated rings. The fraction of sp³-hybridized carbons (Fsp3) is 0.600. The molecule has 0 spiro atoms. The molecule has 1 unspecified atom stereocenters. The Balaban J connectivity index is 1.71. The minimum Gasteiger partial charge on any atom is -0.464 e. The first-order valence-corrected chi connectivity index (χ1v) is 5.26. The Bertz CT molecular complexity index is 358. The molecule has 6 nitrogen and oxygen atoms in total. The van der Waals surface area contributed by atoms with E-state index in [1.165, 1.54) is 4.68 Å². The number of hydrogen-bond acceptors (Lipinski definition) is 5. The molecule has 0 bridgehead atoms. The maximum Gasteiger partial charge on any atom is 0.327 e. The first-order chi connectivity index (χ1) is 7.74. The molecule has 1 aromatic rings. The van der Waals surface area contributed by atoms with Gasteiger partial charge in [0, 0.05) is 18.7 Å². The van der Waals surface area contributed by atoms with Gasteiger partial charge in [-0.3, -0.25) is 9.48 Å². The van der Waals surface area contributed by atoms with Crippen molar-refractivity contribution in [3.05, 3.63) is 12.3 Å². The molecule has 0 aromatic carbocycles. The number of aromatic nitrogens is 2. The van der Waals surface area contributed by atoms with Gasteiger partial charge in [0.2, 0.25) is 0 Å². The Morgan fingerprint density at radius 2 is 2.62 bits per heavy atom. The molecule has 1 saturated heterocycles. The minimum atomic E-state index is -0.296. The van der Waals surface area contributed by atoms with E-state index in [4.69, 9.17) is 15.2 Å². The number of nitrogens with zero attached hydrogens (tertiary/aromatic N) is 2. The van der Waals surface area contributed by atoms with Crippen LogP contribution in [0.4, 0.5) is 5.82 Å². The zero-order valence-electron chi connectivity index (χ0n) is 8.96. The highest BCUT2D eigenvalue weighted by Crippen LogP contribution is 2.12. The van der Waals surface area contributed by atoms with Gasteiger partial charge in [-0.25, -0.2) is 0 Å². The molecular weight excluding hydrogens is 210 g/mol. The van der Waals surface area contributed by atoms with Gasteiger partial charge in [-0.15, -0.1) is 0 Å². The second-order valence-electron chi connectivity index (χ2n) is 3.85. The molecule has 16 heavy (non-hydrogen) atoms. The molecule has 0 aliphatic carbocycles. The molecule has 1 aliphatic heterocycles. The summed E-state index contributed by atoms with van der Waals surface area (Å²) >= 11 is 0. The summed E-state index contributed by atoms with van der Waals surface area (Å²) in [6.45, 7) is 1.97. The first kappa shape index (κ1) is 10.9. The fourth-order valence-electron chi connectivity index (χ4n) is 1.57. The molecule has 2 rings (SSSR count). The van der Waals surface area contributed by atoms with Crippen molar-refractivity contribution in [2.75, 3.05) is 25.6 Å². The van der Waals surface area contributed by atoms with Crippen LogP contribution in [-0.2, 0) is 20.8 Å². The van der Waals surface area contributed by atoms with E-state index in [-0.39, 0.29) is 12.5 Å². The van der Waals surface area contributed by atoms with E-state index in [0.717, 1.165) is 13.0 Å². The number of carbonyl (C=O) groups excluding carboxylic acids is 1. The van der Waals surface area contributed by atoms with E-state index in [0.29, 0.717) is 24.9 Å². The molecule has 1 aliphatic rings. The van der Waals surface area contributed by atoms with Gasteiger partial charge in [-0.1, -0.05) is 0 Å². The van der Waals surface area contributed by atoms with Crippen molar-refractivity contribution in [2.45, 2.75) is 13.0 Å². The molecular formula is C10H15N3O3. The number of nitrogens with two attached hydrogens (primary N) is 1. The monoisotopic (exact) mass is 225 g/mol. The second kappa shape index (κ2) is 4.98. The summed E-state index contributed by atoms with van der Waals surface area (Å²) in [5.74, 6) is 0.443. The zero-order chi connectivity index (χ0) is 11.4. The summed E-state index contributed by atoms with van der Waals surface area (Å²) in [7, 11) is 0. The van der Waals surface area contributed by atoms with Crippen LogP contribution in [0.15, 0.2) is 12.3 Å². The van der Waals surface area contributed by atoms with Crippen molar-refractivity contribution in [1.29, 1.82) is 0 Å². The lowest BCUT2D eigenvalue weighted by atomic mass is 10.1. The van der Waals surface area contributed by atoms with Gasteiger partial charge < -0.3 is 15.2 Å². The maximum atomic E-state index is 11.4. The van der Waals surface area contributed by atoms with Crippen LogP contribution in [0, 0.1) is 5.92 Å². The van der Waals surface area contributed by atoms with Crippen LogP contribution in [-0.4, -0.2) is 35.6 Å². The normalized spacial score (nSPS) is 19.9. The van der Waals surface area contributed by atoms with Gasteiger partial charge in [0.25, 0.3) is 0 Å². The second-order valence-corrected chi connectivity index (χ2v) is 3.85. The quantitative estimate of drug-likeness (QED) is 0.732. The fourth-order valence-corrected chi connectivity index (χ4v) is 1.57. The number of esters is 1. The van der Waals surface area contributed by atoms with Crippen LogP contribution in [0.2, 0.25) is 0 Å². The predicted molar refractivity (Wildman–Crippen MR) is 56.5 cm³/mol. The van der Waals surface area contributed by atoms with E-state index in [9.17, 15) is 4.79 Å². The van der Waals surface area contributed by atoms with Crippen molar-refractivity contribution in [3.8, 4) is 0 Å². The smallest absolute Gasteiger partial charge is 0.327 e. The average Bonchev–Trinajstić information content (AvgIpc) is 2.87.